The van der Waals surface area contributed by atoms with Crippen LogP contribution in [0.25, 0.3) is 0 Å². The molecule has 158 valence electrons. The van der Waals surface area contributed by atoms with Crippen LogP contribution in [0.5, 0.6) is 0 Å². The minimum atomic E-state index is -1.14. The molecule has 0 aromatic carbocycles. The standard InChI is InChI=1S/C17H17N5O4S4/c1-8-20-21-17(30-8)29-7-9-6-28-14-11(13(23)22(14)12(9)15(24)25)19-16(26)18-5-10-3-2-4-27-10/h2-4,11,14H,5-7H2,1H3,(H,24,25)(H2,18,19,26)/t11?,14-/m1/s1. The van der Waals surface area contributed by atoms with Gasteiger partial charge in [-0.1, -0.05) is 29.2 Å². The summed E-state index contributed by atoms with van der Waals surface area (Å²) in [5, 5.41) is 25.4. The van der Waals surface area contributed by atoms with Gasteiger partial charge >= 0.3 is 12.0 Å². The van der Waals surface area contributed by atoms with Gasteiger partial charge in [0.2, 0.25) is 0 Å². The van der Waals surface area contributed by atoms with Crippen molar-refractivity contribution in [3.05, 3.63) is 38.7 Å². The topological polar surface area (TPSA) is 125 Å². The van der Waals surface area contributed by atoms with E-state index in [4.69, 9.17) is 0 Å². The molecule has 2 aliphatic rings. The normalized spacial score (nSPS) is 20.6. The molecule has 3 amide bonds. The summed E-state index contributed by atoms with van der Waals surface area (Å²) in [5.74, 6) is -0.668. The number of fused-ring (bicyclic) bond motifs is 1. The SMILES string of the molecule is Cc1nnc(SCC2=C(C(=O)O)N3C(=O)C(NC(=O)NCc4cccs4)[C@H]3SC2)s1. The van der Waals surface area contributed by atoms with Gasteiger partial charge in [0.25, 0.3) is 5.91 Å². The van der Waals surface area contributed by atoms with E-state index in [0.717, 1.165) is 14.2 Å². The van der Waals surface area contributed by atoms with Gasteiger partial charge in [-0.25, -0.2) is 9.59 Å². The lowest BCUT2D eigenvalue weighted by atomic mass is 10.0. The van der Waals surface area contributed by atoms with Crippen LogP contribution in [0.1, 0.15) is 9.88 Å². The van der Waals surface area contributed by atoms with Crippen LogP contribution in [0.15, 0.2) is 33.1 Å². The van der Waals surface area contributed by atoms with Gasteiger partial charge in [-0.05, 0) is 23.9 Å². The Bertz CT molecular complexity index is 1010. The molecule has 3 N–H and O–H groups in total. The maximum atomic E-state index is 12.6. The third-order valence-corrected chi connectivity index (χ3v) is 8.69. The molecular formula is C17H17N5O4S4. The minimum Gasteiger partial charge on any atom is -0.477 e. The number of carbonyl (C=O) groups is 3. The number of carbonyl (C=O) groups excluding carboxylic acids is 2. The van der Waals surface area contributed by atoms with Gasteiger partial charge in [-0.2, -0.15) is 0 Å². The summed E-state index contributed by atoms with van der Waals surface area (Å²) in [6, 6.07) is 2.61. The minimum absolute atomic E-state index is 0.00882. The Kier molecular flexibility index (Phi) is 6.32. The monoisotopic (exact) mass is 483 g/mol. The summed E-state index contributed by atoms with van der Waals surface area (Å²) < 4.78 is 0.758. The Morgan fingerprint density at radius 1 is 1.40 bits per heavy atom. The van der Waals surface area contributed by atoms with Crippen molar-refractivity contribution in [2.75, 3.05) is 11.5 Å². The van der Waals surface area contributed by atoms with E-state index in [1.807, 2.05) is 24.4 Å². The van der Waals surface area contributed by atoms with Gasteiger partial charge in [0.15, 0.2) is 4.34 Å². The van der Waals surface area contributed by atoms with Gasteiger partial charge in [0.1, 0.15) is 22.1 Å². The molecule has 4 heterocycles. The Balaban J connectivity index is 1.39. The maximum Gasteiger partial charge on any atom is 0.352 e. The molecule has 9 nitrogen and oxygen atoms in total. The number of nitrogens with zero attached hydrogens (tertiary/aromatic N) is 3. The lowest BCUT2D eigenvalue weighted by molar-refractivity contribution is -0.148. The number of hydrogen-bond donors (Lipinski definition) is 3. The first-order valence-electron chi connectivity index (χ1n) is 8.83. The molecule has 0 bridgehead atoms. The van der Waals surface area contributed by atoms with Crippen molar-refractivity contribution in [1.29, 1.82) is 0 Å². The zero-order valence-corrected chi connectivity index (χ0v) is 18.9. The van der Waals surface area contributed by atoms with Gasteiger partial charge in [0.05, 0.1) is 6.54 Å². The van der Waals surface area contributed by atoms with Crippen LogP contribution < -0.4 is 10.6 Å². The number of nitrogens with one attached hydrogen (secondary N) is 2. The molecular weight excluding hydrogens is 466 g/mol. The van der Waals surface area contributed by atoms with E-state index in [0.29, 0.717) is 23.6 Å². The molecule has 30 heavy (non-hydrogen) atoms. The highest BCUT2D eigenvalue weighted by atomic mass is 32.2. The first-order chi connectivity index (χ1) is 14.4. The van der Waals surface area contributed by atoms with Gasteiger partial charge in [0, 0.05) is 16.4 Å². The second-order valence-electron chi connectivity index (χ2n) is 6.43. The fraction of sp³-hybridized carbons (Fsp3) is 0.353. The summed E-state index contributed by atoms with van der Waals surface area (Å²) in [6.07, 6.45) is 0. The van der Waals surface area contributed by atoms with E-state index in [-0.39, 0.29) is 5.70 Å². The molecule has 2 aromatic heterocycles. The molecule has 2 atom stereocenters. The summed E-state index contributed by atoms with van der Waals surface area (Å²) in [7, 11) is 0. The predicted octanol–water partition coefficient (Wildman–Crippen LogP) is 2.12. The largest absolute Gasteiger partial charge is 0.477 e. The van der Waals surface area contributed by atoms with Crippen molar-refractivity contribution < 1.29 is 19.5 Å². The fourth-order valence-corrected chi connectivity index (χ4v) is 7.00. The summed E-state index contributed by atoms with van der Waals surface area (Å²) in [4.78, 5) is 39.0. The van der Waals surface area contributed by atoms with Crippen LogP contribution >= 0.6 is 46.2 Å². The number of β-lactam (4-membered cyclic amide) rings is 1. The number of aryl methyl sites for hydroxylation is 1. The van der Waals surface area contributed by atoms with Gasteiger partial charge in [-0.3, -0.25) is 9.69 Å². The van der Waals surface area contributed by atoms with Crippen LogP contribution in [0.2, 0.25) is 0 Å². The summed E-state index contributed by atoms with van der Waals surface area (Å²) >= 11 is 5.83. The number of aliphatic carboxylic acids is 1. The van der Waals surface area contributed by atoms with Gasteiger partial charge < -0.3 is 15.7 Å². The van der Waals surface area contributed by atoms with Crippen molar-refractivity contribution in [2.24, 2.45) is 0 Å². The Morgan fingerprint density at radius 3 is 2.90 bits per heavy atom. The van der Waals surface area contributed by atoms with Crippen LogP contribution in [-0.2, 0) is 16.1 Å². The maximum absolute atomic E-state index is 12.6. The Labute approximate surface area is 188 Å². The summed E-state index contributed by atoms with van der Waals surface area (Å²) in [6.45, 7) is 2.23. The van der Waals surface area contributed by atoms with E-state index < -0.39 is 29.3 Å². The number of thioether (sulfide) groups is 2. The fourth-order valence-electron chi connectivity index (χ4n) is 3.05. The van der Waals surface area contributed by atoms with E-state index in [1.54, 1.807) is 0 Å². The van der Waals surface area contributed by atoms with Gasteiger partial charge in [-0.15, -0.1) is 33.3 Å². The molecule has 0 radical (unpaired) electrons. The summed E-state index contributed by atoms with van der Waals surface area (Å²) in [5.41, 5.74) is 0.671. The molecule has 0 aliphatic carbocycles. The number of aromatic nitrogens is 2. The van der Waals surface area contributed by atoms with E-state index in [1.165, 1.54) is 51.1 Å². The number of amides is 3. The van der Waals surface area contributed by atoms with Crippen molar-refractivity contribution >= 4 is 64.1 Å². The number of carboxylic acid groups (broad SMARTS) is 1. The van der Waals surface area contributed by atoms with E-state index in [2.05, 4.69) is 20.8 Å². The van der Waals surface area contributed by atoms with Crippen LogP contribution in [0, 0.1) is 6.92 Å². The average Bonchev–Trinajstić information content (AvgIpc) is 3.39. The molecule has 0 saturated carbocycles. The zero-order valence-electron chi connectivity index (χ0n) is 15.7. The molecule has 4 rings (SSSR count). The van der Waals surface area contributed by atoms with Crippen molar-refractivity contribution in [3.8, 4) is 0 Å². The van der Waals surface area contributed by atoms with Crippen molar-refractivity contribution in [1.82, 2.24) is 25.7 Å². The number of rotatable bonds is 7. The molecule has 1 saturated heterocycles. The third kappa shape index (κ3) is 4.33. The lowest BCUT2D eigenvalue weighted by Gasteiger charge is -2.49. The van der Waals surface area contributed by atoms with Crippen molar-refractivity contribution in [2.45, 2.75) is 29.2 Å². The number of hydrogen-bond acceptors (Lipinski definition) is 9. The van der Waals surface area contributed by atoms with E-state index >= 15 is 0 Å². The number of thiophene rings is 1. The van der Waals surface area contributed by atoms with E-state index in [9.17, 15) is 19.5 Å². The second-order valence-corrected chi connectivity index (χ2v) is 11.0. The zero-order chi connectivity index (χ0) is 21.3. The smallest absolute Gasteiger partial charge is 0.352 e. The predicted molar refractivity (Wildman–Crippen MR) is 117 cm³/mol. The second kappa shape index (κ2) is 8.96. The van der Waals surface area contributed by atoms with Crippen LogP contribution in [-0.4, -0.2) is 61.0 Å². The molecule has 1 unspecified atom stereocenters. The third-order valence-electron chi connectivity index (χ3n) is 4.42. The first kappa shape index (κ1) is 21.2. The highest BCUT2D eigenvalue weighted by Crippen LogP contribution is 2.41. The lowest BCUT2D eigenvalue weighted by Crippen LogP contribution is -2.71. The number of urea groups is 1. The Hall–Kier alpha value is -2.09. The average molecular weight is 484 g/mol. The molecule has 1 fully saturated rings. The number of carboxylic acids is 1. The van der Waals surface area contributed by atoms with Crippen molar-refractivity contribution in [3.63, 3.8) is 0 Å². The molecule has 2 aliphatic heterocycles. The molecule has 2 aromatic rings. The highest BCUT2D eigenvalue weighted by Gasteiger charge is 2.54. The Morgan fingerprint density at radius 2 is 2.23 bits per heavy atom. The quantitative estimate of drug-likeness (QED) is 0.404. The molecule has 13 heteroatoms. The first-order valence-corrected chi connectivity index (χ1v) is 12.6. The highest BCUT2D eigenvalue weighted by molar-refractivity contribution is 8.01. The van der Waals surface area contributed by atoms with Crippen LogP contribution in [0.3, 0.4) is 0 Å². The molecule has 0 spiro atoms. The van der Waals surface area contributed by atoms with Crippen LogP contribution in [0.4, 0.5) is 4.79 Å².